The summed E-state index contributed by atoms with van der Waals surface area (Å²) in [6.45, 7) is 0.450. The minimum absolute atomic E-state index is 0.106. The maximum Gasteiger partial charge on any atom is 0.210 e. The Morgan fingerprint density at radius 3 is 2.13 bits per heavy atom. The van der Waals surface area contributed by atoms with E-state index >= 15 is 0 Å². The Morgan fingerprint density at radius 2 is 1.48 bits per heavy atom. The van der Waals surface area contributed by atoms with Crippen molar-refractivity contribution in [1.82, 2.24) is 4.98 Å². The summed E-state index contributed by atoms with van der Waals surface area (Å²) in [5.41, 5.74) is 2.09. The minimum atomic E-state index is -3.80. The van der Waals surface area contributed by atoms with Gasteiger partial charge in [0.05, 0.1) is 30.3 Å². The van der Waals surface area contributed by atoms with E-state index in [2.05, 4.69) is 10.3 Å². The second-order valence-electron chi connectivity index (χ2n) is 6.88. The number of methoxy groups -OCH3 is 2. The van der Waals surface area contributed by atoms with Gasteiger partial charge in [-0.15, -0.1) is 0 Å². The molecule has 0 amide bonds. The van der Waals surface area contributed by atoms with Gasteiger partial charge in [-0.3, -0.25) is 4.98 Å². The van der Waals surface area contributed by atoms with Crippen LogP contribution in [-0.2, 0) is 16.4 Å². The summed E-state index contributed by atoms with van der Waals surface area (Å²) in [6.07, 6.45) is 1.39. The lowest BCUT2D eigenvalue weighted by atomic mass is 10.1. The summed E-state index contributed by atoms with van der Waals surface area (Å²) in [5, 5.41) is 3.95. The molecule has 0 aliphatic rings. The number of hydrogen-bond donors (Lipinski definition) is 1. The van der Waals surface area contributed by atoms with Gasteiger partial charge < -0.3 is 14.8 Å². The van der Waals surface area contributed by atoms with Crippen LogP contribution in [-0.4, -0.2) is 27.6 Å². The summed E-state index contributed by atoms with van der Waals surface area (Å²) in [6, 6.07) is 21.6. The van der Waals surface area contributed by atoms with Crippen LogP contribution < -0.4 is 14.8 Å². The van der Waals surface area contributed by atoms with E-state index in [0.717, 1.165) is 5.56 Å². The average molecular weight is 435 g/mol. The first-order chi connectivity index (χ1) is 15.0. The average Bonchev–Trinajstić information content (AvgIpc) is 2.82. The summed E-state index contributed by atoms with van der Waals surface area (Å²) in [5.74, 6) is 1.02. The van der Waals surface area contributed by atoms with E-state index in [9.17, 15) is 8.42 Å². The Balaban J connectivity index is 1.92. The quantitative estimate of drug-likeness (QED) is 0.454. The lowest BCUT2D eigenvalue weighted by molar-refractivity contribution is 0.356. The standard InChI is InChI=1S/C24H22N2O4S/c1-29-21-13-19-20(14-22(21)30-2)25-16-23(31(27,28)18-11-7-4-8-12-18)24(19)26-15-17-9-5-3-6-10-17/h3-14,16H,15H2,1-2H3,(H,25,26). The Labute approximate surface area is 181 Å². The molecule has 0 spiro atoms. The molecule has 0 bridgehead atoms. The highest BCUT2D eigenvalue weighted by Crippen LogP contribution is 2.38. The lowest BCUT2D eigenvalue weighted by Gasteiger charge is -2.17. The van der Waals surface area contributed by atoms with Gasteiger partial charge in [-0.2, -0.15) is 0 Å². The first kappa shape index (κ1) is 20.7. The van der Waals surface area contributed by atoms with Crippen molar-refractivity contribution >= 4 is 26.4 Å². The number of fused-ring (bicyclic) bond motifs is 1. The summed E-state index contributed by atoms with van der Waals surface area (Å²) >= 11 is 0. The molecular formula is C24H22N2O4S. The lowest BCUT2D eigenvalue weighted by Crippen LogP contribution is -2.10. The Kier molecular flexibility index (Phi) is 5.77. The third-order valence-corrected chi connectivity index (χ3v) is 6.77. The van der Waals surface area contributed by atoms with Crippen molar-refractivity contribution in [2.75, 3.05) is 19.5 Å². The van der Waals surface area contributed by atoms with E-state index < -0.39 is 9.84 Å². The SMILES string of the molecule is COc1cc2ncc(S(=O)(=O)c3ccccc3)c(NCc3ccccc3)c2cc1OC. The van der Waals surface area contributed by atoms with Gasteiger partial charge in [0.2, 0.25) is 9.84 Å². The molecule has 4 rings (SSSR count). The topological polar surface area (TPSA) is 77.5 Å². The number of nitrogens with one attached hydrogen (secondary N) is 1. The molecule has 0 aliphatic heterocycles. The third-order valence-electron chi connectivity index (χ3n) is 4.99. The van der Waals surface area contributed by atoms with Crippen molar-refractivity contribution in [2.45, 2.75) is 16.3 Å². The monoisotopic (exact) mass is 434 g/mol. The minimum Gasteiger partial charge on any atom is -0.493 e. The number of rotatable bonds is 7. The number of aromatic nitrogens is 1. The first-order valence-corrected chi connectivity index (χ1v) is 11.2. The van der Waals surface area contributed by atoms with Crippen molar-refractivity contribution in [3.8, 4) is 11.5 Å². The summed E-state index contributed by atoms with van der Waals surface area (Å²) < 4.78 is 37.7. The fraction of sp³-hybridized carbons (Fsp3) is 0.125. The maximum absolute atomic E-state index is 13.5. The van der Waals surface area contributed by atoms with Crippen LogP contribution in [0.2, 0.25) is 0 Å². The van der Waals surface area contributed by atoms with E-state index in [4.69, 9.17) is 9.47 Å². The number of pyridine rings is 1. The predicted octanol–water partition coefficient (Wildman–Crippen LogP) is 4.70. The van der Waals surface area contributed by atoms with Crippen LogP contribution >= 0.6 is 0 Å². The zero-order valence-corrected chi connectivity index (χ0v) is 18.0. The zero-order chi connectivity index (χ0) is 21.8. The predicted molar refractivity (Wildman–Crippen MR) is 121 cm³/mol. The highest BCUT2D eigenvalue weighted by molar-refractivity contribution is 7.91. The van der Waals surface area contributed by atoms with E-state index in [1.54, 1.807) is 56.7 Å². The van der Waals surface area contributed by atoms with Gasteiger partial charge >= 0.3 is 0 Å². The van der Waals surface area contributed by atoms with Gasteiger partial charge in [-0.25, -0.2) is 8.42 Å². The van der Waals surface area contributed by atoms with Crippen molar-refractivity contribution < 1.29 is 17.9 Å². The van der Waals surface area contributed by atoms with Crippen LogP contribution in [0.1, 0.15) is 5.56 Å². The molecular weight excluding hydrogens is 412 g/mol. The molecule has 0 fully saturated rings. The van der Waals surface area contributed by atoms with Crippen molar-refractivity contribution in [3.63, 3.8) is 0 Å². The van der Waals surface area contributed by atoms with Gasteiger partial charge in [0.25, 0.3) is 0 Å². The van der Waals surface area contributed by atoms with Crippen LogP contribution in [0.15, 0.2) is 88.8 Å². The molecule has 0 atom stereocenters. The molecule has 7 heteroatoms. The molecule has 1 heterocycles. The molecule has 0 aliphatic carbocycles. The van der Waals surface area contributed by atoms with Crippen molar-refractivity contribution in [3.05, 3.63) is 84.6 Å². The summed E-state index contributed by atoms with van der Waals surface area (Å²) in [7, 11) is -0.709. The van der Waals surface area contributed by atoms with Crippen molar-refractivity contribution in [2.24, 2.45) is 0 Å². The van der Waals surface area contributed by atoms with E-state index in [1.165, 1.54) is 6.20 Å². The molecule has 31 heavy (non-hydrogen) atoms. The molecule has 0 saturated heterocycles. The molecule has 0 radical (unpaired) electrons. The first-order valence-electron chi connectivity index (χ1n) is 9.67. The van der Waals surface area contributed by atoms with Gasteiger partial charge in [0, 0.05) is 24.2 Å². The largest absolute Gasteiger partial charge is 0.493 e. The van der Waals surface area contributed by atoms with Gasteiger partial charge in [-0.05, 0) is 23.8 Å². The number of hydrogen-bond acceptors (Lipinski definition) is 6. The van der Waals surface area contributed by atoms with Gasteiger partial charge in [-0.1, -0.05) is 48.5 Å². The molecule has 6 nitrogen and oxygen atoms in total. The van der Waals surface area contributed by atoms with Crippen molar-refractivity contribution in [1.29, 1.82) is 0 Å². The fourth-order valence-corrected chi connectivity index (χ4v) is 4.81. The number of ether oxygens (including phenoxy) is 2. The fourth-order valence-electron chi connectivity index (χ4n) is 3.40. The number of anilines is 1. The van der Waals surface area contributed by atoms with Crippen LogP contribution in [0.5, 0.6) is 11.5 Å². The Morgan fingerprint density at radius 1 is 0.871 bits per heavy atom. The Bertz CT molecular complexity index is 1310. The molecule has 0 unspecified atom stereocenters. The molecule has 1 aromatic heterocycles. The van der Waals surface area contributed by atoms with Crippen LogP contribution in [0.4, 0.5) is 5.69 Å². The number of nitrogens with zero attached hydrogens (tertiary/aromatic N) is 1. The molecule has 1 N–H and O–H groups in total. The number of benzene rings is 3. The van der Waals surface area contributed by atoms with Crippen LogP contribution in [0, 0.1) is 0 Å². The van der Waals surface area contributed by atoms with E-state index in [1.807, 2.05) is 30.3 Å². The molecule has 158 valence electrons. The molecule has 3 aromatic carbocycles. The van der Waals surface area contributed by atoms with E-state index in [-0.39, 0.29) is 9.79 Å². The van der Waals surface area contributed by atoms with Gasteiger partial charge in [0.1, 0.15) is 4.90 Å². The second-order valence-corrected chi connectivity index (χ2v) is 8.80. The van der Waals surface area contributed by atoms with Gasteiger partial charge in [0.15, 0.2) is 11.5 Å². The van der Waals surface area contributed by atoms with Crippen LogP contribution in [0.25, 0.3) is 10.9 Å². The third kappa shape index (κ3) is 4.04. The Hall–Kier alpha value is -3.58. The normalized spacial score (nSPS) is 11.3. The smallest absolute Gasteiger partial charge is 0.210 e. The maximum atomic E-state index is 13.5. The molecule has 4 aromatic rings. The van der Waals surface area contributed by atoms with Crippen LogP contribution in [0.3, 0.4) is 0 Å². The van der Waals surface area contributed by atoms with E-state index in [0.29, 0.717) is 34.6 Å². The highest BCUT2D eigenvalue weighted by atomic mass is 32.2. The molecule has 0 saturated carbocycles. The second kappa shape index (κ2) is 8.65. The number of sulfone groups is 1. The zero-order valence-electron chi connectivity index (χ0n) is 17.2. The summed E-state index contributed by atoms with van der Waals surface area (Å²) in [4.78, 5) is 4.73. The highest BCUT2D eigenvalue weighted by Gasteiger charge is 2.24.